The molecule has 2 aliphatic heterocycles. The highest BCUT2D eigenvalue weighted by atomic mass is 32.1. The molecule has 7 heteroatoms. The molecule has 2 unspecified atom stereocenters. The van der Waals surface area contributed by atoms with Crippen LogP contribution in [-0.4, -0.2) is 68.2 Å². The van der Waals surface area contributed by atoms with E-state index in [0.717, 1.165) is 75.0 Å². The molecule has 2 atom stereocenters. The van der Waals surface area contributed by atoms with Crippen LogP contribution in [-0.2, 0) is 9.47 Å². The Balaban J connectivity index is 1.25. The van der Waals surface area contributed by atoms with Crippen molar-refractivity contribution in [3.63, 3.8) is 0 Å². The normalized spacial score (nSPS) is 20.5. The molecule has 182 valence electrons. The maximum Gasteiger partial charge on any atom is 0.158 e. The summed E-state index contributed by atoms with van der Waals surface area (Å²) in [6.07, 6.45) is 3.16. The summed E-state index contributed by atoms with van der Waals surface area (Å²) < 4.78 is 18.9. The quantitative estimate of drug-likeness (QED) is 0.428. The summed E-state index contributed by atoms with van der Waals surface area (Å²) in [7, 11) is 0. The minimum atomic E-state index is -0.0906. The number of nitrogens with zero attached hydrogens (tertiary/aromatic N) is 3. The van der Waals surface area contributed by atoms with E-state index in [1.807, 2.05) is 19.1 Å². The molecule has 0 radical (unpaired) electrons. The first kappa shape index (κ1) is 23.5. The molecular weight excluding hydrogens is 446 g/mol. The lowest BCUT2D eigenvalue weighted by atomic mass is 10.1. The molecule has 1 aromatic carbocycles. The lowest BCUT2D eigenvalue weighted by molar-refractivity contribution is -0.189. The van der Waals surface area contributed by atoms with Gasteiger partial charge in [-0.25, -0.2) is 4.98 Å². The standard InChI is InChI=1S/C27H35N3O3S/c1-3-29-12-14-30(15-13-29)27-23-11-17-34-25(23)18-24(28-27)21-7-9-22(10-8-21)32-19-20(2)33-26-6-4-5-16-31-26/h7-11,17-18,20,26H,3-6,12-16,19H2,1-2H3. The molecule has 0 spiro atoms. The van der Waals surface area contributed by atoms with E-state index < -0.39 is 0 Å². The van der Waals surface area contributed by atoms with Crippen LogP contribution in [0.2, 0.25) is 0 Å². The smallest absolute Gasteiger partial charge is 0.158 e. The summed E-state index contributed by atoms with van der Waals surface area (Å²) in [5.41, 5.74) is 2.12. The van der Waals surface area contributed by atoms with Gasteiger partial charge in [-0.1, -0.05) is 6.92 Å². The molecule has 0 aliphatic carbocycles. The van der Waals surface area contributed by atoms with Gasteiger partial charge in [-0.15, -0.1) is 11.3 Å². The average molecular weight is 482 g/mol. The zero-order valence-electron chi connectivity index (χ0n) is 20.2. The molecule has 0 N–H and O–H groups in total. The largest absolute Gasteiger partial charge is 0.491 e. The minimum absolute atomic E-state index is 0.0126. The average Bonchev–Trinajstić information content (AvgIpc) is 3.37. The third-order valence-electron chi connectivity index (χ3n) is 6.71. The zero-order chi connectivity index (χ0) is 23.3. The van der Waals surface area contributed by atoms with Crippen LogP contribution >= 0.6 is 11.3 Å². The Morgan fingerprint density at radius 1 is 1.12 bits per heavy atom. The summed E-state index contributed by atoms with van der Waals surface area (Å²) >= 11 is 1.78. The van der Waals surface area contributed by atoms with Crippen LogP contribution in [0.15, 0.2) is 41.8 Å². The van der Waals surface area contributed by atoms with Gasteiger partial charge in [0.15, 0.2) is 6.29 Å². The summed E-state index contributed by atoms with van der Waals surface area (Å²) in [4.78, 5) is 10.1. The fraction of sp³-hybridized carbons (Fsp3) is 0.519. The van der Waals surface area contributed by atoms with Gasteiger partial charge in [-0.2, -0.15) is 0 Å². The number of fused-ring (bicyclic) bond motifs is 1. The number of anilines is 1. The van der Waals surface area contributed by atoms with Crippen molar-refractivity contribution >= 4 is 27.2 Å². The molecule has 2 aliphatic rings. The van der Waals surface area contributed by atoms with Crippen molar-refractivity contribution in [2.45, 2.75) is 45.5 Å². The molecule has 2 aromatic heterocycles. The number of benzene rings is 1. The van der Waals surface area contributed by atoms with Crippen LogP contribution in [0.1, 0.15) is 33.1 Å². The van der Waals surface area contributed by atoms with Gasteiger partial charge in [0.2, 0.25) is 0 Å². The number of hydrogen-bond acceptors (Lipinski definition) is 7. The highest BCUT2D eigenvalue weighted by molar-refractivity contribution is 7.17. The first-order valence-corrected chi connectivity index (χ1v) is 13.4. The molecule has 34 heavy (non-hydrogen) atoms. The van der Waals surface area contributed by atoms with Crippen LogP contribution in [0.3, 0.4) is 0 Å². The van der Waals surface area contributed by atoms with Crippen molar-refractivity contribution in [3.05, 3.63) is 41.8 Å². The van der Waals surface area contributed by atoms with Crippen molar-refractivity contribution in [2.24, 2.45) is 0 Å². The molecule has 3 aromatic rings. The lowest BCUT2D eigenvalue weighted by Crippen LogP contribution is -2.46. The summed E-state index contributed by atoms with van der Waals surface area (Å²) in [6.45, 7) is 10.9. The molecule has 6 nitrogen and oxygen atoms in total. The number of rotatable bonds is 8. The summed E-state index contributed by atoms with van der Waals surface area (Å²) in [6, 6.07) is 12.7. The number of thiophene rings is 1. The second-order valence-corrected chi connectivity index (χ2v) is 10.1. The highest BCUT2D eigenvalue weighted by Crippen LogP contribution is 2.34. The maximum absolute atomic E-state index is 5.99. The molecule has 0 bridgehead atoms. The number of pyridine rings is 1. The molecule has 4 heterocycles. The third kappa shape index (κ3) is 5.54. The number of piperazine rings is 1. The first-order valence-electron chi connectivity index (χ1n) is 12.6. The Morgan fingerprint density at radius 2 is 1.94 bits per heavy atom. The molecule has 2 saturated heterocycles. The van der Waals surface area contributed by atoms with Crippen molar-refractivity contribution in [1.82, 2.24) is 9.88 Å². The summed E-state index contributed by atoms with van der Waals surface area (Å²) in [5, 5.41) is 3.43. The van der Waals surface area contributed by atoms with Crippen LogP contribution in [0.5, 0.6) is 5.75 Å². The van der Waals surface area contributed by atoms with Gasteiger partial charge >= 0.3 is 0 Å². The number of aromatic nitrogens is 1. The van der Waals surface area contributed by atoms with Crippen molar-refractivity contribution in [1.29, 1.82) is 0 Å². The van der Waals surface area contributed by atoms with Crippen molar-refractivity contribution < 1.29 is 14.2 Å². The maximum atomic E-state index is 5.99. The molecule has 5 rings (SSSR count). The number of hydrogen-bond donors (Lipinski definition) is 0. The van der Waals surface area contributed by atoms with Crippen molar-refractivity contribution in [3.8, 4) is 17.0 Å². The molecule has 2 fully saturated rings. The fourth-order valence-corrected chi connectivity index (χ4v) is 5.48. The Kier molecular flexibility index (Phi) is 7.64. The van der Waals surface area contributed by atoms with Gasteiger partial charge in [0, 0.05) is 48.4 Å². The van der Waals surface area contributed by atoms with E-state index in [9.17, 15) is 0 Å². The monoisotopic (exact) mass is 481 g/mol. The van der Waals surface area contributed by atoms with E-state index in [1.54, 1.807) is 11.3 Å². The number of ether oxygens (including phenoxy) is 3. The highest BCUT2D eigenvalue weighted by Gasteiger charge is 2.21. The topological polar surface area (TPSA) is 47.1 Å². The van der Waals surface area contributed by atoms with Gasteiger partial charge in [-0.3, -0.25) is 0 Å². The van der Waals surface area contributed by atoms with E-state index in [2.05, 4.69) is 46.4 Å². The van der Waals surface area contributed by atoms with E-state index in [4.69, 9.17) is 19.2 Å². The minimum Gasteiger partial charge on any atom is -0.491 e. The van der Waals surface area contributed by atoms with Crippen LogP contribution < -0.4 is 9.64 Å². The Morgan fingerprint density at radius 3 is 2.68 bits per heavy atom. The Hall–Kier alpha value is -2.19. The Labute approximate surface area is 206 Å². The van der Waals surface area contributed by atoms with Gasteiger partial charge < -0.3 is 24.0 Å². The third-order valence-corrected chi connectivity index (χ3v) is 7.57. The van der Waals surface area contributed by atoms with Crippen LogP contribution in [0.4, 0.5) is 5.82 Å². The van der Waals surface area contributed by atoms with E-state index >= 15 is 0 Å². The second kappa shape index (κ2) is 11.0. The van der Waals surface area contributed by atoms with Gasteiger partial charge in [-0.05, 0) is 74.5 Å². The van der Waals surface area contributed by atoms with E-state index in [1.165, 1.54) is 16.5 Å². The molecule has 0 saturated carbocycles. The van der Waals surface area contributed by atoms with Crippen LogP contribution in [0, 0.1) is 0 Å². The van der Waals surface area contributed by atoms with Crippen LogP contribution in [0.25, 0.3) is 21.3 Å². The van der Waals surface area contributed by atoms with Gasteiger partial charge in [0.1, 0.15) is 18.2 Å². The van der Waals surface area contributed by atoms with Gasteiger partial charge in [0.05, 0.1) is 11.8 Å². The predicted molar refractivity (Wildman–Crippen MR) is 139 cm³/mol. The van der Waals surface area contributed by atoms with E-state index in [-0.39, 0.29) is 12.4 Å². The molecule has 0 amide bonds. The second-order valence-electron chi connectivity index (χ2n) is 9.16. The molecular formula is C27H35N3O3S. The Bertz CT molecular complexity index is 1060. The fourth-order valence-electron chi connectivity index (χ4n) is 4.67. The SMILES string of the molecule is CCN1CCN(c2nc(-c3ccc(OCC(C)OC4CCCCO4)cc3)cc3sccc23)CC1. The lowest BCUT2D eigenvalue weighted by Gasteiger charge is -2.35. The first-order chi connectivity index (χ1) is 16.7. The van der Waals surface area contributed by atoms with E-state index in [0.29, 0.717) is 6.61 Å². The van der Waals surface area contributed by atoms with Crippen molar-refractivity contribution in [2.75, 3.05) is 50.8 Å². The number of likely N-dealkylation sites (N-methyl/N-ethyl adjacent to an activating group) is 1. The predicted octanol–water partition coefficient (Wildman–Crippen LogP) is 5.42. The summed E-state index contributed by atoms with van der Waals surface area (Å²) in [5.74, 6) is 1.96. The van der Waals surface area contributed by atoms with Gasteiger partial charge in [0.25, 0.3) is 0 Å². The zero-order valence-corrected chi connectivity index (χ0v) is 21.1.